The normalized spacial score (nSPS) is 16.7. The molecule has 0 amide bonds. The van der Waals surface area contributed by atoms with Crippen molar-refractivity contribution in [3.8, 4) is 17.2 Å². The average molecular weight is 545 g/mol. The summed E-state index contributed by atoms with van der Waals surface area (Å²) in [4.78, 5) is 6.94. The van der Waals surface area contributed by atoms with Crippen LogP contribution >= 0.6 is 12.2 Å². The van der Waals surface area contributed by atoms with E-state index in [4.69, 9.17) is 21.9 Å². The molecule has 1 fully saturated rings. The van der Waals surface area contributed by atoms with Crippen LogP contribution in [0, 0.1) is 27.7 Å². The predicted octanol–water partition coefficient (Wildman–Crippen LogP) is 8.08. The molecule has 0 bridgehead atoms. The molecule has 2 atom stereocenters. The van der Waals surface area contributed by atoms with Crippen molar-refractivity contribution in [2.45, 2.75) is 39.8 Å². The molecule has 2 aromatic heterocycles. The molecule has 0 spiro atoms. The van der Waals surface area contributed by atoms with Gasteiger partial charge in [-0.1, -0.05) is 42.5 Å². The van der Waals surface area contributed by atoms with E-state index in [-0.39, 0.29) is 12.1 Å². The Hall–Kier alpha value is -4.42. The minimum atomic E-state index is -0.109. The largest absolute Gasteiger partial charge is 0.457 e. The summed E-state index contributed by atoms with van der Waals surface area (Å²) in [5, 5.41) is 4.27. The number of aryl methyl sites for hydroxylation is 3. The maximum Gasteiger partial charge on any atom is 0.174 e. The summed E-state index contributed by atoms with van der Waals surface area (Å²) >= 11 is 5.98. The second-order valence-corrected chi connectivity index (χ2v) is 10.7. The molecule has 1 saturated heterocycles. The van der Waals surface area contributed by atoms with Crippen molar-refractivity contribution in [1.29, 1.82) is 0 Å². The van der Waals surface area contributed by atoms with Crippen LogP contribution < -0.4 is 15.0 Å². The SMILES string of the molecule is Cc1ccccc1Oc1ccc(N2C(=S)N[C@H](c3ccccn3)[C@@H]2c2cc(C)n(-c3ccccc3C)c2C)cc1. The van der Waals surface area contributed by atoms with Crippen LogP contribution in [0.15, 0.2) is 103 Å². The number of ether oxygens (including phenoxy) is 1. The van der Waals surface area contributed by atoms with Crippen molar-refractivity contribution in [2.75, 3.05) is 4.90 Å². The van der Waals surface area contributed by atoms with Crippen molar-refractivity contribution in [3.63, 3.8) is 0 Å². The van der Waals surface area contributed by atoms with Gasteiger partial charge < -0.3 is 19.5 Å². The van der Waals surface area contributed by atoms with Crippen LogP contribution in [-0.4, -0.2) is 14.7 Å². The van der Waals surface area contributed by atoms with Crippen molar-refractivity contribution in [3.05, 3.63) is 137 Å². The van der Waals surface area contributed by atoms with E-state index in [1.807, 2.05) is 61.7 Å². The van der Waals surface area contributed by atoms with E-state index in [0.29, 0.717) is 5.11 Å². The fraction of sp³-hybridized carbons (Fsp3) is 0.176. The number of thiocarbonyl (C=S) groups is 1. The Labute approximate surface area is 241 Å². The number of pyridine rings is 1. The van der Waals surface area contributed by atoms with Crippen molar-refractivity contribution in [1.82, 2.24) is 14.9 Å². The van der Waals surface area contributed by atoms with Crippen LogP contribution in [0.3, 0.4) is 0 Å². The second-order valence-electron chi connectivity index (χ2n) is 10.3. The van der Waals surface area contributed by atoms with Gasteiger partial charge in [0.05, 0.1) is 17.8 Å². The lowest BCUT2D eigenvalue weighted by Crippen LogP contribution is -2.29. The smallest absolute Gasteiger partial charge is 0.174 e. The fourth-order valence-corrected chi connectivity index (χ4v) is 6.04. The molecule has 6 heteroatoms. The number of hydrogen-bond donors (Lipinski definition) is 1. The quantitative estimate of drug-likeness (QED) is 0.219. The monoisotopic (exact) mass is 544 g/mol. The maximum absolute atomic E-state index is 6.17. The third-order valence-electron chi connectivity index (χ3n) is 7.68. The first-order valence-corrected chi connectivity index (χ1v) is 13.9. The van der Waals surface area contributed by atoms with E-state index in [2.05, 4.69) is 84.1 Å². The van der Waals surface area contributed by atoms with Crippen molar-refractivity contribution < 1.29 is 4.74 Å². The van der Waals surface area contributed by atoms with Crippen molar-refractivity contribution >= 4 is 23.0 Å². The molecule has 1 aliphatic heterocycles. The first-order chi connectivity index (χ1) is 19.4. The minimum Gasteiger partial charge on any atom is -0.457 e. The summed E-state index contributed by atoms with van der Waals surface area (Å²) in [6.07, 6.45) is 1.84. The molecule has 3 heterocycles. The Balaban J connectivity index is 1.42. The van der Waals surface area contributed by atoms with Crippen LogP contribution in [0.4, 0.5) is 5.69 Å². The molecule has 40 heavy (non-hydrogen) atoms. The van der Waals surface area contributed by atoms with E-state index >= 15 is 0 Å². The molecule has 0 unspecified atom stereocenters. The zero-order valence-electron chi connectivity index (χ0n) is 23.1. The van der Waals surface area contributed by atoms with Gasteiger partial charge in [0.1, 0.15) is 11.5 Å². The number of anilines is 1. The summed E-state index contributed by atoms with van der Waals surface area (Å²) in [5.41, 5.74) is 9.06. The maximum atomic E-state index is 6.17. The lowest BCUT2D eigenvalue weighted by Gasteiger charge is -2.28. The van der Waals surface area contributed by atoms with Crippen molar-refractivity contribution in [2.24, 2.45) is 0 Å². The molecular weight excluding hydrogens is 512 g/mol. The highest BCUT2D eigenvalue weighted by atomic mass is 32.1. The zero-order chi connectivity index (χ0) is 27.8. The third-order valence-corrected chi connectivity index (χ3v) is 7.99. The Bertz CT molecular complexity index is 1680. The standard InChI is InChI=1S/C34H32N4OS/c1-22-11-5-7-14-30(22)37-24(3)21-28(25(37)4)33-32(29-13-9-10-20-35-29)36-34(40)38(33)26-16-18-27(19-17-26)39-31-15-8-6-12-23(31)2/h5-21,32-33H,1-4H3,(H,36,40)/t32-,33+/m1/s1. The number of para-hydroxylation sites is 2. The Morgan fingerprint density at radius 2 is 1.50 bits per heavy atom. The molecule has 1 N–H and O–H groups in total. The Kier molecular flexibility index (Phi) is 6.86. The number of nitrogens with one attached hydrogen (secondary N) is 1. The molecule has 5 nitrogen and oxygen atoms in total. The first kappa shape index (κ1) is 25.8. The molecule has 0 saturated carbocycles. The van der Waals surface area contributed by atoms with Gasteiger partial charge in [-0.25, -0.2) is 0 Å². The second kappa shape index (κ2) is 10.6. The van der Waals surface area contributed by atoms with Crippen LogP contribution in [0.2, 0.25) is 0 Å². The van der Waals surface area contributed by atoms with E-state index in [1.54, 1.807) is 0 Å². The van der Waals surface area contributed by atoms with Gasteiger partial charge in [0.15, 0.2) is 5.11 Å². The highest BCUT2D eigenvalue weighted by molar-refractivity contribution is 7.80. The van der Waals surface area contributed by atoms with Crippen LogP contribution in [0.5, 0.6) is 11.5 Å². The number of hydrogen-bond acceptors (Lipinski definition) is 3. The van der Waals surface area contributed by atoms with Crippen LogP contribution in [0.1, 0.15) is 45.9 Å². The lowest BCUT2D eigenvalue weighted by atomic mass is 9.96. The minimum absolute atomic E-state index is 0.0884. The van der Waals surface area contributed by atoms with E-state index in [0.717, 1.165) is 28.4 Å². The van der Waals surface area contributed by atoms with Gasteiger partial charge in [-0.15, -0.1) is 0 Å². The number of rotatable bonds is 6. The third kappa shape index (κ3) is 4.65. The molecule has 0 aliphatic carbocycles. The van der Waals surface area contributed by atoms with Gasteiger partial charge in [0.25, 0.3) is 0 Å². The highest BCUT2D eigenvalue weighted by Gasteiger charge is 2.42. The fourth-order valence-electron chi connectivity index (χ4n) is 5.69. The molecule has 1 aliphatic rings. The molecule has 5 aromatic rings. The Morgan fingerprint density at radius 1 is 0.800 bits per heavy atom. The molecule has 6 rings (SSSR count). The highest BCUT2D eigenvalue weighted by Crippen LogP contribution is 2.44. The van der Waals surface area contributed by atoms with Gasteiger partial charge in [0, 0.05) is 29.0 Å². The molecule has 0 radical (unpaired) electrons. The number of nitrogens with zero attached hydrogens (tertiary/aromatic N) is 3. The summed E-state index contributed by atoms with van der Waals surface area (Å²) < 4.78 is 8.52. The van der Waals surface area contributed by atoms with E-state index < -0.39 is 0 Å². The van der Waals surface area contributed by atoms with Gasteiger partial charge in [-0.3, -0.25) is 4.98 Å². The van der Waals surface area contributed by atoms with E-state index in [1.165, 1.54) is 28.2 Å². The summed E-state index contributed by atoms with van der Waals surface area (Å²) in [5.74, 6) is 1.64. The summed E-state index contributed by atoms with van der Waals surface area (Å²) in [6.45, 7) is 8.57. The summed E-state index contributed by atoms with van der Waals surface area (Å²) in [7, 11) is 0. The first-order valence-electron chi connectivity index (χ1n) is 13.5. The van der Waals surface area contributed by atoms with Gasteiger partial charge in [0.2, 0.25) is 0 Å². The Morgan fingerprint density at radius 3 is 2.20 bits per heavy atom. The van der Waals surface area contributed by atoms with Gasteiger partial charge in [-0.05, 0) is 111 Å². The lowest BCUT2D eigenvalue weighted by molar-refractivity contribution is 0.479. The average Bonchev–Trinajstić information content (AvgIpc) is 3.46. The van der Waals surface area contributed by atoms with E-state index in [9.17, 15) is 0 Å². The number of benzene rings is 3. The predicted molar refractivity (Wildman–Crippen MR) is 166 cm³/mol. The molecule has 200 valence electrons. The summed E-state index contributed by atoms with van der Waals surface area (Å²) in [6, 6.07) is 32.9. The number of aromatic nitrogens is 2. The van der Waals surface area contributed by atoms with Crippen LogP contribution in [-0.2, 0) is 0 Å². The zero-order valence-corrected chi connectivity index (χ0v) is 23.9. The van der Waals surface area contributed by atoms with Crippen LogP contribution in [0.25, 0.3) is 5.69 Å². The topological polar surface area (TPSA) is 42.3 Å². The molecular formula is C34H32N4OS. The molecule has 3 aromatic carbocycles. The van der Waals surface area contributed by atoms with Gasteiger partial charge in [-0.2, -0.15) is 0 Å². The van der Waals surface area contributed by atoms with Gasteiger partial charge >= 0.3 is 0 Å².